The van der Waals surface area contributed by atoms with Crippen molar-refractivity contribution in [1.82, 2.24) is 4.57 Å². The fraction of sp³-hybridized carbons (Fsp3) is 0.667. The zero-order valence-electron chi connectivity index (χ0n) is 9.14. The second-order valence-corrected chi connectivity index (χ2v) is 3.54. The molecule has 0 amide bonds. The Bertz CT molecular complexity index is 248. The Hall–Kier alpha value is -0.720. The van der Waals surface area contributed by atoms with Crippen molar-refractivity contribution in [2.24, 2.45) is 0 Å². The van der Waals surface area contributed by atoms with E-state index in [9.17, 15) is 0 Å². The van der Waals surface area contributed by atoms with E-state index in [-0.39, 0.29) is 0 Å². The van der Waals surface area contributed by atoms with Crippen LogP contribution in [-0.4, -0.2) is 4.57 Å². The van der Waals surface area contributed by atoms with Gasteiger partial charge in [0.2, 0.25) is 0 Å². The minimum Gasteiger partial charge on any atom is -0.351 e. The quantitative estimate of drug-likeness (QED) is 0.652. The first-order valence-electron chi connectivity index (χ1n) is 5.50. The van der Waals surface area contributed by atoms with Crippen molar-refractivity contribution in [3.63, 3.8) is 0 Å². The molecule has 0 radical (unpaired) electrons. The third-order valence-electron chi connectivity index (χ3n) is 2.64. The summed E-state index contributed by atoms with van der Waals surface area (Å²) in [7, 11) is 0. The zero-order valence-corrected chi connectivity index (χ0v) is 9.14. The van der Waals surface area contributed by atoms with E-state index in [0.29, 0.717) is 0 Å². The fourth-order valence-corrected chi connectivity index (χ4v) is 1.84. The van der Waals surface area contributed by atoms with E-state index in [2.05, 4.69) is 37.6 Å². The first kappa shape index (κ1) is 10.4. The maximum atomic E-state index is 2.42. The van der Waals surface area contributed by atoms with Crippen LogP contribution in [0.2, 0.25) is 0 Å². The highest BCUT2D eigenvalue weighted by atomic mass is 15.0. The summed E-state index contributed by atoms with van der Waals surface area (Å²) < 4.78 is 2.42. The number of rotatable bonds is 5. The van der Waals surface area contributed by atoms with Crippen LogP contribution in [0.1, 0.15) is 44.9 Å². The number of hydrogen-bond donors (Lipinski definition) is 0. The van der Waals surface area contributed by atoms with Gasteiger partial charge in [-0.2, -0.15) is 0 Å². The van der Waals surface area contributed by atoms with E-state index < -0.39 is 0 Å². The lowest BCUT2D eigenvalue weighted by atomic mass is 10.1. The molecule has 0 bridgehead atoms. The van der Waals surface area contributed by atoms with Crippen molar-refractivity contribution in [1.29, 1.82) is 0 Å². The van der Waals surface area contributed by atoms with Crippen molar-refractivity contribution in [3.8, 4) is 0 Å². The molecule has 1 heterocycles. The third-order valence-corrected chi connectivity index (χ3v) is 2.64. The van der Waals surface area contributed by atoms with Gasteiger partial charge in [-0.25, -0.2) is 0 Å². The maximum Gasteiger partial charge on any atom is 0.0222 e. The van der Waals surface area contributed by atoms with Gasteiger partial charge >= 0.3 is 0 Å². The molecular weight excluding hydrogens is 158 g/mol. The van der Waals surface area contributed by atoms with Crippen LogP contribution in [0.3, 0.4) is 0 Å². The molecule has 13 heavy (non-hydrogen) atoms. The normalized spacial score (nSPS) is 10.7. The summed E-state index contributed by atoms with van der Waals surface area (Å²) in [4.78, 5) is 0. The summed E-state index contributed by atoms with van der Waals surface area (Å²) in [5.41, 5.74) is 3.06. The van der Waals surface area contributed by atoms with Crippen molar-refractivity contribution >= 4 is 0 Å². The summed E-state index contributed by atoms with van der Waals surface area (Å²) in [5.74, 6) is 0. The van der Waals surface area contributed by atoms with Gasteiger partial charge in [-0.15, -0.1) is 0 Å². The monoisotopic (exact) mass is 179 g/mol. The lowest BCUT2D eigenvalue weighted by Gasteiger charge is -2.08. The van der Waals surface area contributed by atoms with Crippen LogP contribution < -0.4 is 0 Å². The highest BCUT2D eigenvalue weighted by Crippen LogP contribution is 2.13. The molecule has 1 aromatic rings. The molecule has 0 aliphatic carbocycles. The minimum atomic E-state index is 1.17. The average molecular weight is 179 g/mol. The Kier molecular flexibility index (Phi) is 4.07. The number of aryl methyl sites for hydroxylation is 2. The second-order valence-electron chi connectivity index (χ2n) is 3.54. The topological polar surface area (TPSA) is 4.93 Å². The smallest absolute Gasteiger partial charge is 0.0222 e. The zero-order chi connectivity index (χ0) is 9.68. The van der Waals surface area contributed by atoms with Crippen LogP contribution >= 0.6 is 0 Å². The van der Waals surface area contributed by atoms with Gasteiger partial charge in [-0.1, -0.05) is 27.2 Å². The molecule has 0 aromatic carbocycles. The van der Waals surface area contributed by atoms with E-state index in [1.807, 2.05) is 0 Å². The van der Waals surface area contributed by atoms with Gasteiger partial charge < -0.3 is 4.57 Å². The van der Waals surface area contributed by atoms with Gasteiger partial charge in [0.1, 0.15) is 0 Å². The van der Waals surface area contributed by atoms with Gasteiger partial charge in [0.25, 0.3) is 0 Å². The van der Waals surface area contributed by atoms with Crippen LogP contribution in [0.15, 0.2) is 12.3 Å². The summed E-state index contributed by atoms with van der Waals surface area (Å²) >= 11 is 0. The molecule has 0 saturated heterocycles. The predicted molar refractivity (Wildman–Crippen MR) is 58.1 cm³/mol. The summed E-state index contributed by atoms with van der Waals surface area (Å²) in [5, 5.41) is 0. The molecule has 74 valence electrons. The molecule has 1 heteroatoms. The van der Waals surface area contributed by atoms with Crippen molar-refractivity contribution in [2.45, 2.75) is 53.0 Å². The van der Waals surface area contributed by atoms with Gasteiger partial charge in [0, 0.05) is 18.4 Å². The predicted octanol–water partition coefficient (Wildman–Crippen LogP) is 3.41. The number of nitrogens with zero attached hydrogens (tertiary/aromatic N) is 1. The molecule has 0 saturated carbocycles. The van der Waals surface area contributed by atoms with E-state index in [1.54, 1.807) is 0 Å². The van der Waals surface area contributed by atoms with E-state index in [1.165, 1.54) is 43.5 Å². The second kappa shape index (κ2) is 5.11. The molecule has 1 rings (SSSR count). The fourth-order valence-electron chi connectivity index (χ4n) is 1.84. The van der Waals surface area contributed by atoms with Crippen LogP contribution in [-0.2, 0) is 19.4 Å². The van der Waals surface area contributed by atoms with Crippen molar-refractivity contribution < 1.29 is 0 Å². The number of aromatic nitrogens is 1. The highest BCUT2D eigenvalue weighted by molar-refractivity contribution is 5.22. The molecule has 0 fully saturated rings. The van der Waals surface area contributed by atoms with Crippen LogP contribution in [0.4, 0.5) is 0 Å². The van der Waals surface area contributed by atoms with Crippen LogP contribution in [0, 0.1) is 0 Å². The minimum absolute atomic E-state index is 1.17. The average Bonchev–Trinajstić information content (AvgIpc) is 2.56. The summed E-state index contributed by atoms with van der Waals surface area (Å²) in [6.45, 7) is 7.92. The Morgan fingerprint density at radius 1 is 1.15 bits per heavy atom. The Labute approximate surface area is 81.8 Å². The largest absolute Gasteiger partial charge is 0.351 e. The highest BCUT2D eigenvalue weighted by Gasteiger charge is 2.04. The van der Waals surface area contributed by atoms with Crippen molar-refractivity contribution in [3.05, 3.63) is 23.5 Å². The van der Waals surface area contributed by atoms with Gasteiger partial charge in [-0.05, 0) is 30.9 Å². The maximum absolute atomic E-state index is 2.42. The SMILES string of the molecule is CCCCn1ccc(CC)c1CC. The van der Waals surface area contributed by atoms with Gasteiger partial charge in [0.05, 0.1) is 0 Å². The Balaban J connectivity index is 2.75. The van der Waals surface area contributed by atoms with Crippen molar-refractivity contribution in [2.75, 3.05) is 0 Å². The molecule has 0 atom stereocenters. The lowest BCUT2D eigenvalue weighted by molar-refractivity contribution is 0.611. The first-order valence-corrected chi connectivity index (χ1v) is 5.50. The van der Waals surface area contributed by atoms with E-state index >= 15 is 0 Å². The third kappa shape index (κ3) is 2.36. The van der Waals surface area contributed by atoms with Crippen LogP contribution in [0.25, 0.3) is 0 Å². The molecule has 0 unspecified atom stereocenters. The molecule has 0 spiro atoms. The Morgan fingerprint density at radius 2 is 1.92 bits per heavy atom. The molecule has 1 nitrogen and oxygen atoms in total. The molecular formula is C12H21N. The molecule has 0 N–H and O–H groups in total. The standard InChI is InChI=1S/C12H21N/c1-4-7-9-13-10-8-11(5-2)12(13)6-3/h8,10H,4-7,9H2,1-3H3. The molecule has 1 aromatic heterocycles. The molecule has 0 aliphatic heterocycles. The number of unbranched alkanes of at least 4 members (excludes halogenated alkanes) is 1. The summed E-state index contributed by atoms with van der Waals surface area (Å²) in [6.07, 6.45) is 7.16. The Morgan fingerprint density at radius 3 is 2.46 bits per heavy atom. The molecule has 0 aliphatic rings. The number of hydrogen-bond acceptors (Lipinski definition) is 0. The van der Waals surface area contributed by atoms with E-state index in [0.717, 1.165) is 0 Å². The first-order chi connectivity index (χ1) is 6.33. The summed E-state index contributed by atoms with van der Waals surface area (Å²) in [6, 6.07) is 2.27. The van der Waals surface area contributed by atoms with E-state index in [4.69, 9.17) is 0 Å². The van der Waals surface area contributed by atoms with Crippen LogP contribution in [0.5, 0.6) is 0 Å². The lowest BCUT2D eigenvalue weighted by Crippen LogP contribution is -2.02. The van der Waals surface area contributed by atoms with Gasteiger partial charge in [-0.3, -0.25) is 0 Å². The van der Waals surface area contributed by atoms with Gasteiger partial charge in [0.15, 0.2) is 0 Å².